The van der Waals surface area contributed by atoms with Gasteiger partial charge in [-0.25, -0.2) is 0 Å². The van der Waals surface area contributed by atoms with Crippen molar-refractivity contribution in [1.82, 2.24) is 0 Å². The molecule has 2 heteroatoms. The van der Waals surface area contributed by atoms with Crippen molar-refractivity contribution in [2.75, 3.05) is 13.2 Å². The maximum absolute atomic E-state index is 5.40. The molecular formula is C12H17NO. The first-order chi connectivity index (χ1) is 6.77. The van der Waals surface area contributed by atoms with Crippen molar-refractivity contribution in [3.8, 4) is 5.75 Å². The number of ether oxygens (including phenoxy) is 1. The zero-order valence-corrected chi connectivity index (χ0v) is 8.79. The molecule has 0 radical (unpaired) electrons. The normalized spacial score (nSPS) is 10.8. The smallest absolute Gasteiger partial charge is 0.119 e. The van der Waals surface area contributed by atoms with Gasteiger partial charge in [0.15, 0.2) is 0 Å². The minimum absolute atomic E-state index is 0.576. The molecule has 0 unspecified atom stereocenters. The molecule has 0 amide bonds. The summed E-state index contributed by atoms with van der Waals surface area (Å²) in [5, 5.41) is 0. The summed E-state index contributed by atoms with van der Waals surface area (Å²) >= 11 is 0. The molecule has 0 aliphatic rings. The lowest BCUT2D eigenvalue weighted by Crippen LogP contribution is -1.94. The standard InChI is InChI=1S/C12H17NO/c1-3-14-12-7-6-11(5-4-8-13)10(2)9-12/h4-7,9H,3,8,13H2,1-2H3/b5-4+. The summed E-state index contributed by atoms with van der Waals surface area (Å²) in [5.74, 6) is 0.926. The molecule has 0 atom stereocenters. The highest BCUT2D eigenvalue weighted by Gasteiger charge is 1.96. The van der Waals surface area contributed by atoms with E-state index in [0.717, 1.165) is 5.75 Å². The average Bonchev–Trinajstić information content (AvgIpc) is 2.17. The summed E-state index contributed by atoms with van der Waals surface area (Å²) in [7, 11) is 0. The first-order valence-electron chi connectivity index (χ1n) is 4.88. The molecule has 2 N–H and O–H groups in total. The SMILES string of the molecule is CCOc1ccc(/C=C/CN)c(C)c1. The van der Waals surface area contributed by atoms with E-state index >= 15 is 0 Å². The van der Waals surface area contributed by atoms with Gasteiger partial charge >= 0.3 is 0 Å². The second-order valence-corrected chi connectivity index (χ2v) is 3.09. The number of benzene rings is 1. The second kappa shape index (κ2) is 5.45. The average molecular weight is 191 g/mol. The molecule has 0 heterocycles. The maximum atomic E-state index is 5.40. The van der Waals surface area contributed by atoms with Crippen LogP contribution in [0.3, 0.4) is 0 Å². The van der Waals surface area contributed by atoms with Crippen molar-refractivity contribution in [3.05, 3.63) is 35.4 Å². The Morgan fingerprint density at radius 2 is 2.21 bits per heavy atom. The molecule has 0 bridgehead atoms. The summed E-state index contributed by atoms with van der Waals surface area (Å²) in [6.07, 6.45) is 3.98. The van der Waals surface area contributed by atoms with E-state index in [2.05, 4.69) is 6.92 Å². The van der Waals surface area contributed by atoms with E-state index in [0.29, 0.717) is 13.2 Å². The summed E-state index contributed by atoms with van der Waals surface area (Å²) in [5.41, 5.74) is 7.79. The first kappa shape index (κ1) is 10.8. The molecule has 0 fully saturated rings. The van der Waals surface area contributed by atoms with E-state index in [-0.39, 0.29) is 0 Å². The second-order valence-electron chi connectivity index (χ2n) is 3.09. The van der Waals surface area contributed by atoms with Crippen molar-refractivity contribution in [3.63, 3.8) is 0 Å². The van der Waals surface area contributed by atoms with Gasteiger partial charge in [0.2, 0.25) is 0 Å². The Hall–Kier alpha value is -1.28. The van der Waals surface area contributed by atoms with E-state index in [1.807, 2.05) is 37.3 Å². The van der Waals surface area contributed by atoms with Crippen LogP contribution in [0.4, 0.5) is 0 Å². The zero-order valence-electron chi connectivity index (χ0n) is 8.79. The predicted octanol–water partition coefficient (Wildman–Crippen LogP) is 2.37. The number of hydrogen-bond acceptors (Lipinski definition) is 2. The van der Waals surface area contributed by atoms with E-state index in [9.17, 15) is 0 Å². The largest absolute Gasteiger partial charge is 0.494 e. The lowest BCUT2D eigenvalue weighted by Gasteiger charge is -2.05. The van der Waals surface area contributed by atoms with Crippen LogP contribution in [0.15, 0.2) is 24.3 Å². The molecule has 0 saturated heterocycles. The minimum atomic E-state index is 0.576. The van der Waals surface area contributed by atoms with Crippen LogP contribution >= 0.6 is 0 Å². The molecule has 0 saturated carbocycles. The van der Waals surface area contributed by atoms with Gasteiger partial charge < -0.3 is 10.5 Å². The van der Waals surface area contributed by atoms with Gasteiger partial charge in [-0.2, -0.15) is 0 Å². The molecule has 0 aliphatic carbocycles. The molecular weight excluding hydrogens is 174 g/mol. The first-order valence-corrected chi connectivity index (χ1v) is 4.88. The molecule has 0 aromatic heterocycles. The molecule has 14 heavy (non-hydrogen) atoms. The van der Waals surface area contributed by atoms with Gasteiger partial charge in [0.1, 0.15) is 5.75 Å². The van der Waals surface area contributed by atoms with Crippen molar-refractivity contribution in [2.45, 2.75) is 13.8 Å². The number of rotatable bonds is 4. The zero-order chi connectivity index (χ0) is 10.4. The molecule has 1 aromatic carbocycles. The third kappa shape index (κ3) is 2.89. The fourth-order valence-electron chi connectivity index (χ4n) is 1.29. The van der Waals surface area contributed by atoms with Crippen LogP contribution in [-0.4, -0.2) is 13.2 Å². The van der Waals surface area contributed by atoms with Gasteiger partial charge in [0, 0.05) is 6.54 Å². The Morgan fingerprint density at radius 1 is 1.43 bits per heavy atom. The van der Waals surface area contributed by atoms with E-state index < -0.39 is 0 Å². The van der Waals surface area contributed by atoms with Crippen molar-refractivity contribution in [2.24, 2.45) is 5.73 Å². The fraction of sp³-hybridized carbons (Fsp3) is 0.333. The predicted molar refractivity (Wildman–Crippen MR) is 60.4 cm³/mol. The molecule has 2 nitrogen and oxygen atoms in total. The van der Waals surface area contributed by atoms with Gasteiger partial charge in [-0.15, -0.1) is 0 Å². The Kier molecular flexibility index (Phi) is 4.20. The van der Waals surface area contributed by atoms with Crippen molar-refractivity contribution >= 4 is 6.08 Å². The lowest BCUT2D eigenvalue weighted by molar-refractivity contribution is 0.340. The quantitative estimate of drug-likeness (QED) is 0.793. The summed E-state index contributed by atoms with van der Waals surface area (Å²) < 4.78 is 5.40. The molecule has 0 aliphatic heterocycles. The minimum Gasteiger partial charge on any atom is -0.494 e. The van der Waals surface area contributed by atoms with Gasteiger partial charge in [-0.05, 0) is 37.1 Å². The Morgan fingerprint density at radius 3 is 2.79 bits per heavy atom. The summed E-state index contributed by atoms with van der Waals surface area (Å²) in [4.78, 5) is 0. The van der Waals surface area contributed by atoms with Crippen LogP contribution in [0.5, 0.6) is 5.75 Å². The molecule has 0 spiro atoms. The number of aryl methyl sites for hydroxylation is 1. The number of hydrogen-bond donors (Lipinski definition) is 1. The molecule has 1 rings (SSSR count). The van der Waals surface area contributed by atoms with Crippen LogP contribution in [-0.2, 0) is 0 Å². The molecule has 76 valence electrons. The van der Waals surface area contributed by atoms with Gasteiger partial charge in [0.05, 0.1) is 6.61 Å². The highest BCUT2D eigenvalue weighted by atomic mass is 16.5. The van der Waals surface area contributed by atoms with E-state index in [1.54, 1.807) is 0 Å². The highest BCUT2D eigenvalue weighted by Crippen LogP contribution is 2.18. The van der Waals surface area contributed by atoms with Crippen LogP contribution in [0.1, 0.15) is 18.1 Å². The van der Waals surface area contributed by atoms with Gasteiger partial charge in [0.25, 0.3) is 0 Å². The monoisotopic (exact) mass is 191 g/mol. The summed E-state index contributed by atoms with van der Waals surface area (Å²) in [6, 6.07) is 6.07. The van der Waals surface area contributed by atoms with E-state index in [4.69, 9.17) is 10.5 Å². The van der Waals surface area contributed by atoms with Crippen LogP contribution in [0, 0.1) is 6.92 Å². The Bertz CT molecular complexity index is 318. The fourth-order valence-corrected chi connectivity index (χ4v) is 1.29. The van der Waals surface area contributed by atoms with Gasteiger partial charge in [-0.3, -0.25) is 0 Å². The van der Waals surface area contributed by atoms with Crippen LogP contribution < -0.4 is 10.5 Å². The third-order valence-electron chi connectivity index (χ3n) is 1.99. The lowest BCUT2D eigenvalue weighted by atomic mass is 10.1. The molecule has 1 aromatic rings. The Balaban J connectivity index is 2.84. The van der Waals surface area contributed by atoms with Crippen molar-refractivity contribution in [1.29, 1.82) is 0 Å². The van der Waals surface area contributed by atoms with Gasteiger partial charge in [-0.1, -0.05) is 18.2 Å². The summed E-state index contributed by atoms with van der Waals surface area (Å²) in [6.45, 7) is 5.33. The third-order valence-corrected chi connectivity index (χ3v) is 1.99. The van der Waals surface area contributed by atoms with E-state index in [1.165, 1.54) is 11.1 Å². The van der Waals surface area contributed by atoms with Crippen molar-refractivity contribution < 1.29 is 4.74 Å². The number of nitrogens with two attached hydrogens (primary N) is 1. The highest BCUT2D eigenvalue weighted by molar-refractivity contribution is 5.55. The Labute approximate surface area is 85.4 Å². The topological polar surface area (TPSA) is 35.2 Å². The van der Waals surface area contributed by atoms with Crippen LogP contribution in [0.2, 0.25) is 0 Å². The maximum Gasteiger partial charge on any atom is 0.119 e. The van der Waals surface area contributed by atoms with Crippen LogP contribution in [0.25, 0.3) is 6.08 Å².